The summed E-state index contributed by atoms with van der Waals surface area (Å²) in [6.07, 6.45) is 3.42. The number of fused-ring (bicyclic) bond motifs is 1. The van der Waals surface area contributed by atoms with Gasteiger partial charge in [0.15, 0.2) is 0 Å². The molecule has 5 nitrogen and oxygen atoms in total. The first-order valence-electron chi connectivity index (χ1n) is 8.47. The summed E-state index contributed by atoms with van der Waals surface area (Å²) in [5.74, 6) is -0.0926. The average molecular weight is 390 g/mol. The summed E-state index contributed by atoms with van der Waals surface area (Å²) >= 11 is 7.37. The lowest BCUT2D eigenvalue weighted by Crippen LogP contribution is -2.34. The van der Waals surface area contributed by atoms with E-state index in [0.717, 1.165) is 24.0 Å². The molecule has 3 aromatic rings. The summed E-state index contributed by atoms with van der Waals surface area (Å²) in [4.78, 5) is 32.0. The van der Waals surface area contributed by atoms with E-state index in [4.69, 9.17) is 11.6 Å². The Morgan fingerprint density at radius 3 is 2.73 bits per heavy atom. The Balaban J connectivity index is 1.95. The third-order valence-corrected chi connectivity index (χ3v) is 5.43. The summed E-state index contributed by atoms with van der Waals surface area (Å²) in [5.41, 5.74) is 1.53. The summed E-state index contributed by atoms with van der Waals surface area (Å²) in [5, 5.41) is 3.11. The molecule has 1 amide bonds. The van der Waals surface area contributed by atoms with Gasteiger partial charge in [0.25, 0.3) is 5.56 Å². The summed E-state index contributed by atoms with van der Waals surface area (Å²) in [7, 11) is 1.76. The topological polar surface area (TPSA) is 55.2 Å². The number of halogens is 1. The van der Waals surface area contributed by atoms with Gasteiger partial charge in [0.1, 0.15) is 11.4 Å². The SMILES string of the molecule is CCCCN(C)C(=O)Cn1cnc2scc(-c3ccc(Cl)cc3)c2c1=O. The van der Waals surface area contributed by atoms with Gasteiger partial charge >= 0.3 is 0 Å². The van der Waals surface area contributed by atoms with E-state index >= 15 is 0 Å². The van der Waals surface area contributed by atoms with E-state index in [2.05, 4.69) is 11.9 Å². The zero-order valence-corrected chi connectivity index (χ0v) is 16.3. The number of hydrogen-bond acceptors (Lipinski definition) is 4. The van der Waals surface area contributed by atoms with Gasteiger partial charge in [-0.1, -0.05) is 37.1 Å². The van der Waals surface area contributed by atoms with E-state index in [9.17, 15) is 9.59 Å². The zero-order chi connectivity index (χ0) is 18.7. The Bertz CT molecular complexity index is 979. The molecule has 2 aromatic heterocycles. The van der Waals surface area contributed by atoms with E-state index in [1.54, 1.807) is 24.1 Å². The van der Waals surface area contributed by atoms with E-state index in [0.29, 0.717) is 21.8 Å². The van der Waals surface area contributed by atoms with Crippen LogP contribution in [0.2, 0.25) is 5.02 Å². The number of carbonyl (C=O) groups excluding carboxylic acids is 1. The van der Waals surface area contributed by atoms with Gasteiger partial charge in [-0.25, -0.2) is 4.98 Å². The number of unbranched alkanes of at least 4 members (excludes halogenated alkanes) is 1. The maximum Gasteiger partial charge on any atom is 0.263 e. The first-order chi connectivity index (χ1) is 12.5. The van der Waals surface area contributed by atoms with Crippen molar-refractivity contribution in [3.63, 3.8) is 0 Å². The van der Waals surface area contributed by atoms with Gasteiger partial charge in [0.05, 0.1) is 11.7 Å². The van der Waals surface area contributed by atoms with Crippen LogP contribution in [0, 0.1) is 0 Å². The molecule has 1 aromatic carbocycles. The lowest BCUT2D eigenvalue weighted by molar-refractivity contribution is -0.130. The van der Waals surface area contributed by atoms with Crippen molar-refractivity contribution in [1.29, 1.82) is 0 Å². The van der Waals surface area contributed by atoms with Crippen LogP contribution < -0.4 is 5.56 Å². The fraction of sp³-hybridized carbons (Fsp3) is 0.316. The maximum absolute atomic E-state index is 13.0. The van der Waals surface area contributed by atoms with Crippen molar-refractivity contribution in [3.8, 4) is 11.1 Å². The van der Waals surface area contributed by atoms with Crippen LogP contribution in [0.5, 0.6) is 0 Å². The lowest BCUT2D eigenvalue weighted by Gasteiger charge is -2.17. The minimum absolute atomic E-state index is 0.00209. The Morgan fingerprint density at radius 1 is 1.31 bits per heavy atom. The first kappa shape index (κ1) is 18.6. The normalized spacial score (nSPS) is 11.0. The Labute approximate surface area is 160 Å². The zero-order valence-electron chi connectivity index (χ0n) is 14.7. The predicted octanol–water partition coefficient (Wildman–Crippen LogP) is 4.04. The number of aromatic nitrogens is 2. The molecule has 0 fully saturated rings. The van der Waals surface area contributed by atoms with Crippen LogP contribution in [0.1, 0.15) is 19.8 Å². The van der Waals surface area contributed by atoms with Gasteiger partial charge in [-0.05, 0) is 24.1 Å². The van der Waals surface area contributed by atoms with Crippen LogP contribution in [-0.4, -0.2) is 34.0 Å². The van der Waals surface area contributed by atoms with Gasteiger partial charge in [-0.3, -0.25) is 14.2 Å². The third kappa shape index (κ3) is 3.81. The van der Waals surface area contributed by atoms with Crippen molar-refractivity contribution in [2.75, 3.05) is 13.6 Å². The van der Waals surface area contributed by atoms with Crippen LogP contribution >= 0.6 is 22.9 Å². The van der Waals surface area contributed by atoms with Crippen LogP contribution in [-0.2, 0) is 11.3 Å². The van der Waals surface area contributed by atoms with E-state index in [-0.39, 0.29) is 18.0 Å². The maximum atomic E-state index is 13.0. The molecule has 0 atom stereocenters. The van der Waals surface area contributed by atoms with Crippen molar-refractivity contribution < 1.29 is 4.79 Å². The fourth-order valence-corrected chi connectivity index (χ4v) is 3.74. The number of amides is 1. The molecular formula is C19H20ClN3O2S. The van der Waals surface area contributed by atoms with Crippen LogP contribution in [0.15, 0.2) is 40.8 Å². The molecule has 0 unspecified atom stereocenters. The van der Waals surface area contributed by atoms with Crippen molar-refractivity contribution in [3.05, 3.63) is 51.3 Å². The van der Waals surface area contributed by atoms with Crippen LogP contribution in [0.25, 0.3) is 21.3 Å². The molecule has 2 heterocycles. The highest BCUT2D eigenvalue weighted by atomic mass is 35.5. The molecule has 0 aliphatic heterocycles. The highest BCUT2D eigenvalue weighted by molar-refractivity contribution is 7.17. The molecule has 0 spiro atoms. The number of benzene rings is 1. The molecule has 26 heavy (non-hydrogen) atoms. The highest BCUT2D eigenvalue weighted by Gasteiger charge is 2.16. The second-order valence-electron chi connectivity index (χ2n) is 6.18. The summed E-state index contributed by atoms with van der Waals surface area (Å²) < 4.78 is 1.39. The molecule has 136 valence electrons. The predicted molar refractivity (Wildman–Crippen MR) is 107 cm³/mol. The average Bonchev–Trinajstić information content (AvgIpc) is 3.07. The van der Waals surface area contributed by atoms with Crippen molar-refractivity contribution >= 4 is 39.1 Å². The molecule has 0 bridgehead atoms. The van der Waals surface area contributed by atoms with Gasteiger partial charge in [0, 0.05) is 29.6 Å². The molecule has 0 aliphatic rings. The second-order valence-corrected chi connectivity index (χ2v) is 7.48. The van der Waals surface area contributed by atoms with E-state index in [1.807, 2.05) is 17.5 Å². The minimum atomic E-state index is -0.196. The van der Waals surface area contributed by atoms with Crippen LogP contribution in [0.3, 0.4) is 0 Å². The van der Waals surface area contributed by atoms with Crippen molar-refractivity contribution in [2.24, 2.45) is 0 Å². The molecular weight excluding hydrogens is 370 g/mol. The molecule has 0 radical (unpaired) electrons. The number of nitrogens with zero attached hydrogens (tertiary/aromatic N) is 3. The van der Waals surface area contributed by atoms with Gasteiger partial charge in [-0.15, -0.1) is 11.3 Å². The molecule has 0 saturated carbocycles. The number of thiophene rings is 1. The minimum Gasteiger partial charge on any atom is -0.344 e. The fourth-order valence-electron chi connectivity index (χ4n) is 2.71. The van der Waals surface area contributed by atoms with Gasteiger partial charge in [0.2, 0.25) is 5.91 Å². The van der Waals surface area contributed by atoms with Crippen molar-refractivity contribution in [2.45, 2.75) is 26.3 Å². The van der Waals surface area contributed by atoms with Crippen molar-refractivity contribution in [1.82, 2.24) is 14.5 Å². The smallest absolute Gasteiger partial charge is 0.263 e. The standard InChI is InChI=1S/C19H20ClN3O2S/c1-3-4-9-22(2)16(24)10-23-12-21-18-17(19(23)25)15(11-26-18)13-5-7-14(20)8-6-13/h5-8,11-12H,3-4,9-10H2,1-2H3. The summed E-state index contributed by atoms with van der Waals surface area (Å²) in [6, 6.07) is 7.34. The number of hydrogen-bond donors (Lipinski definition) is 0. The number of likely N-dealkylation sites (N-methyl/N-ethyl adjacent to an activating group) is 1. The van der Waals surface area contributed by atoms with E-state index < -0.39 is 0 Å². The molecule has 3 rings (SSSR count). The second kappa shape index (κ2) is 8.01. The highest BCUT2D eigenvalue weighted by Crippen LogP contribution is 2.31. The Kier molecular flexibility index (Phi) is 5.74. The van der Waals surface area contributed by atoms with Gasteiger partial charge < -0.3 is 4.90 Å². The number of carbonyl (C=O) groups is 1. The van der Waals surface area contributed by atoms with Gasteiger partial charge in [-0.2, -0.15) is 0 Å². The van der Waals surface area contributed by atoms with E-state index in [1.165, 1.54) is 22.2 Å². The molecule has 0 N–H and O–H groups in total. The molecule has 7 heteroatoms. The molecule has 0 aliphatic carbocycles. The summed E-state index contributed by atoms with van der Waals surface area (Å²) in [6.45, 7) is 2.77. The van der Waals surface area contributed by atoms with Crippen LogP contribution in [0.4, 0.5) is 0 Å². The molecule has 0 saturated heterocycles. The first-order valence-corrected chi connectivity index (χ1v) is 9.73. The number of rotatable bonds is 6. The monoisotopic (exact) mass is 389 g/mol. The Hall–Kier alpha value is -2.18. The third-order valence-electron chi connectivity index (χ3n) is 4.29. The Morgan fingerprint density at radius 2 is 2.04 bits per heavy atom. The lowest BCUT2D eigenvalue weighted by atomic mass is 10.1. The quantitative estimate of drug-likeness (QED) is 0.639. The largest absolute Gasteiger partial charge is 0.344 e.